The third-order valence-corrected chi connectivity index (χ3v) is 6.27. The number of fused-ring (bicyclic) bond motifs is 1. The number of amides is 1. The van der Waals surface area contributed by atoms with Gasteiger partial charge in [-0.05, 0) is 49.6 Å². The van der Waals surface area contributed by atoms with Gasteiger partial charge in [0, 0.05) is 49.8 Å². The topological polar surface area (TPSA) is 77.4 Å². The Hall–Kier alpha value is -3.22. The lowest BCUT2D eigenvalue weighted by molar-refractivity contribution is -0.127. The summed E-state index contributed by atoms with van der Waals surface area (Å²) >= 11 is 0. The third kappa shape index (κ3) is 4.66. The van der Waals surface area contributed by atoms with Gasteiger partial charge in [0.05, 0.1) is 13.7 Å². The second kappa shape index (κ2) is 9.94. The van der Waals surface area contributed by atoms with E-state index in [9.17, 15) is 9.90 Å². The molecule has 1 amide bonds. The van der Waals surface area contributed by atoms with E-state index in [-0.39, 0.29) is 11.7 Å². The number of rotatable bonds is 7. The first-order valence-corrected chi connectivity index (χ1v) is 11.4. The second-order valence-corrected chi connectivity index (χ2v) is 8.30. The zero-order chi connectivity index (χ0) is 22.5. The summed E-state index contributed by atoms with van der Waals surface area (Å²) in [5.74, 6) is 2.32. The largest absolute Gasteiger partial charge is 0.508 e. The molecule has 1 atom stereocenters. The van der Waals surface area contributed by atoms with Gasteiger partial charge < -0.3 is 25.0 Å². The second-order valence-electron chi connectivity index (χ2n) is 8.30. The van der Waals surface area contributed by atoms with E-state index >= 15 is 0 Å². The number of benzene rings is 2. The summed E-state index contributed by atoms with van der Waals surface area (Å²) < 4.78 is 5.29. The Bertz CT molecular complexity index is 991. The number of anilines is 1. The molecule has 4 rings (SSSR count). The maximum atomic E-state index is 12.0. The fraction of sp³-hybridized carbons (Fsp3) is 0.440. The number of para-hydroxylation sites is 1. The molecule has 2 aliphatic heterocycles. The van der Waals surface area contributed by atoms with Crippen molar-refractivity contribution in [3.05, 3.63) is 53.6 Å². The fourth-order valence-electron chi connectivity index (χ4n) is 4.57. The molecule has 1 fully saturated rings. The summed E-state index contributed by atoms with van der Waals surface area (Å²) in [5, 5.41) is 13.6. The predicted octanol–water partition coefficient (Wildman–Crippen LogP) is 3.48. The number of nitrogens with one attached hydrogen (secondary N) is 1. The summed E-state index contributed by atoms with van der Waals surface area (Å²) in [7, 11) is 1.61. The van der Waals surface area contributed by atoms with Crippen LogP contribution in [0.3, 0.4) is 0 Å². The molecule has 0 saturated carbocycles. The van der Waals surface area contributed by atoms with Gasteiger partial charge in [-0.1, -0.05) is 18.2 Å². The molecule has 2 aromatic rings. The van der Waals surface area contributed by atoms with E-state index in [2.05, 4.69) is 41.4 Å². The van der Waals surface area contributed by atoms with Crippen LogP contribution in [-0.4, -0.2) is 55.2 Å². The minimum Gasteiger partial charge on any atom is -0.508 e. The molecule has 0 spiro atoms. The van der Waals surface area contributed by atoms with Gasteiger partial charge in [0.1, 0.15) is 11.5 Å². The molecule has 0 aliphatic carbocycles. The van der Waals surface area contributed by atoms with Crippen LogP contribution >= 0.6 is 0 Å². The number of ether oxygens (including phenoxy) is 1. The first-order valence-electron chi connectivity index (χ1n) is 11.4. The zero-order valence-corrected chi connectivity index (χ0v) is 18.9. The predicted molar refractivity (Wildman–Crippen MR) is 126 cm³/mol. The van der Waals surface area contributed by atoms with Crippen LogP contribution in [0.25, 0.3) is 0 Å². The van der Waals surface area contributed by atoms with E-state index in [4.69, 9.17) is 9.73 Å². The number of phenolic OH excluding ortho intramolecular Hbond substituents is 1. The fourth-order valence-corrected chi connectivity index (χ4v) is 4.57. The van der Waals surface area contributed by atoms with Crippen LogP contribution < -0.4 is 15.0 Å². The molecule has 1 unspecified atom stereocenters. The van der Waals surface area contributed by atoms with E-state index in [1.165, 1.54) is 5.56 Å². The van der Waals surface area contributed by atoms with Gasteiger partial charge >= 0.3 is 0 Å². The first kappa shape index (κ1) is 22.0. The standard InChI is InChI=1S/C25H32N4O3/c1-3-26-25(27-16-19-15-20(32-2)10-11-23(19)30)29-17-18(21-7-4-5-8-22(21)29)12-14-28-13-6-9-24(28)31/h4-5,7-8,10-11,15,18,30H,3,6,9,12-14,16-17H2,1-2H3,(H,26,27). The van der Waals surface area contributed by atoms with Crippen LogP contribution in [0, 0.1) is 0 Å². The maximum absolute atomic E-state index is 12.0. The van der Waals surface area contributed by atoms with Crippen molar-refractivity contribution < 1.29 is 14.6 Å². The highest BCUT2D eigenvalue weighted by Crippen LogP contribution is 2.38. The van der Waals surface area contributed by atoms with E-state index in [0.29, 0.717) is 24.6 Å². The van der Waals surface area contributed by atoms with Crippen molar-refractivity contribution in [2.45, 2.75) is 38.6 Å². The van der Waals surface area contributed by atoms with Crippen molar-refractivity contribution in [3.8, 4) is 11.5 Å². The number of carbonyl (C=O) groups excluding carboxylic acids is 1. The summed E-state index contributed by atoms with van der Waals surface area (Å²) in [5.41, 5.74) is 3.17. The number of hydrogen-bond acceptors (Lipinski definition) is 4. The van der Waals surface area contributed by atoms with Crippen LogP contribution in [0.4, 0.5) is 5.69 Å². The number of guanidine groups is 1. The quantitative estimate of drug-likeness (QED) is 0.513. The molecule has 7 heteroatoms. The van der Waals surface area contributed by atoms with Crippen molar-refractivity contribution in [1.29, 1.82) is 0 Å². The molecule has 7 nitrogen and oxygen atoms in total. The average Bonchev–Trinajstić information content (AvgIpc) is 3.39. The van der Waals surface area contributed by atoms with Gasteiger partial charge in [0.15, 0.2) is 5.96 Å². The van der Waals surface area contributed by atoms with Gasteiger partial charge in [-0.3, -0.25) is 4.79 Å². The minimum absolute atomic E-state index is 0.209. The molecule has 2 aromatic carbocycles. The van der Waals surface area contributed by atoms with Gasteiger partial charge in [0.25, 0.3) is 0 Å². The zero-order valence-electron chi connectivity index (χ0n) is 18.9. The van der Waals surface area contributed by atoms with Gasteiger partial charge in [-0.2, -0.15) is 0 Å². The summed E-state index contributed by atoms with van der Waals surface area (Å²) in [6.07, 6.45) is 2.59. The van der Waals surface area contributed by atoms with Crippen LogP contribution in [-0.2, 0) is 11.3 Å². The Balaban J connectivity index is 1.54. The van der Waals surface area contributed by atoms with Crippen molar-refractivity contribution in [2.75, 3.05) is 38.2 Å². The molecule has 0 bridgehead atoms. The van der Waals surface area contributed by atoms with E-state index < -0.39 is 0 Å². The number of likely N-dealkylation sites (tertiary alicyclic amines) is 1. The number of aromatic hydroxyl groups is 1. The first-order chi connectivity index (χ1) is 15.6. The number of hydrogen-bond donors (Lipinski definition) is 2. The number of methoxy groups -OCH3 is 1. The molecule has 32 heavy (non-hydrogen) atoms. The molecule has 2 aliphatic rings. The highest BCUT2D eigenvalue weighted by molar-refractivity contribution is 5.98. The summed E-state index contributed by atoms with van der Waals surface area (Å²) in [4.78, 5) is 21.1. The SMILES string of the molecule is CCNC(=NCc1cc(OC)ccc1O)N1CC(CCN2CCCC2=O)c2ccccc21. The third-order valence-electron chi connectivity index (χ3n) is 6.27. The van der Waals surface area contributed by atoms with E-state index in [1.807, 2.05) is 11.0 Å². The minimum atomic E-state index is 0.209. The normalized spacial score (nSPS) is 18.2. The molecule has 2 heterocycles. The van der Waals surface area contributed by atoms with Crippen LogP contribution in [0.1, 0.15) is 43.2 Å². The van der Waals surface area contributed by atoms with Gasteiger partial charge in [0.2, 0.25) is 5.91 Å². The van der Waals surface area contributed by atoms with Crippen molar-refractivity contribution in [1.82, 2.24) is 10.2 Å². The van der Waals surface area contributed by atoms with E-state index in [1.54, 1.807) is 19.2 Å². The number of carbonyl (C=O) groups is 1. The Labute approximate surface area is 189 Å². The molecule has 170 valence electrons. The van der Waals surface area contributed by atoms with Crippen molar-refractivity contribution in [3.63, 3.8) is 0 Å². The van der Waals surface area contributed by atoms with Crippen molar-refractivity contribution in [2.24, 2.45) is 4.99 Å². The molecule has 0 aromatic heterocycles. The highest BCUT2D eigenvalue weighted by atomic mass is 16.5. The molecule has 2 N–H and O–H groups in total. The van der Waals surface area contributed by atoms with E-state index in [0.717, 1.165) is 56.2 Å². The van der Waals surface area contributed by atoms with Crippen LogP contribution in [0.5, 0.6) is 11.5 Å². The maximum Gasteiger partial charge on any atom is 0.222 e. The average molecular weight is 437 g/mol. The lowest BCUT2D eigenvalue weighted by Crippen LogP contribution is -2.41. The van der Waals surface area contributed by atoms with Crippen LogP contribution in [0.2, 0.25) is 0 Å². The molecule has 0 radical (unpaired) electrons. The molecular formula is C25H32N4O3. The number of phenols is 1. The Morgan fingerprint density at radius 1 is 1.28 bits per heavy atom. The van der Waals surface area contributed by atoms with Gasteiger partial charge in [-0.15, -0.1) is 0 Å². The Morgan fingerprint density at radius 3 is 2.88 bits per heavy atom. The summed E-state index contributed by atoms with van der Waals surface area (Å²) in [6.45, 7) is 5.64. The van der Waals surface area contributed by atoms with Gasteiger partial charge in [-0.25, -0.2) is 4.99 Å². The number of aliphatic imine (C=N–C) groups is 1. The molecule has 1 saturated heterocycles. The highest BCUT2D eigenvalue weighted by Gasteiger charge is 2.32. The van der Waals surface area contributed by atoms with Crippen molar-refractivity contribution >= 4 is 17.6 Å². The van der Waals surface area contributed by atoms with Crippen LogP contribution in [0.15, 0.2) is 47.5 Å². The monoisotopic (exact) mass is 436 g/mol. The Kier molecular flexibility index (Phi) is 6.83. The number of nitrogens with zero attached hydrogens (tertiary/aromatic N) is 3. The lowest BCUT2D eigenvalue weighted by atomic mass is 9.98. The smallest absolute Gasteiger partial charge is 0.222 e. The lowest BCUT2D eigenvalue weighted by Gasteiger charge is -2.23. The Morgan fingerprint density at radius 2 is 2.12 bits per heavy atom. The summed E-state index contributed by atoms with van der Waals surface area (Å²) in [6, 6.07) is 13.6. The molecular weight excluding hydrogens is 404 g/mol.